The minimum atomic E-state index is -4.86. The first-order valence-electron chi connectivity index (χ1n) is 8.05. The van der Waals surface area contributed by atoms with Gasteiger partial charge in [0.05, 0.1) is 0 Å². The van der Waals surface area contributed by atoms with Crippen molar-refractivity contribution in [3.8, 4) is 0 Å². The van der Waals surface area contributed by atoms with Crippen LogP contribution in [0.4, 0.5) is 8.78 Å². The minimum Gasteiger partial charge on any atom is -0.748 e. The summed E-state index contributed by atoms with van der Waals surface area (Å²) in [5, 5.41) is 0. The van der Waals surface area contributed by atoms with E-state index in [1.807, 2.05) is 0 Å². The third-order valence-corrected chi connectivity index (χ3v) is 7.60. The SMILES string of the molecule is O=S(=O)([O-])CC(F)(F)CC1CC2CC1C1C3CCC(C3)C21. The van der Waals surface area contributed by atoms with Crippen molar-refractivity contribution in [1.82, 2.24) is 0 Å². The summed E-state index contributed by atoms with van der Waals surface area (Å²) in [6, 6.07) is 0. The molecule has 7 unspecified atom stereocenters. The maximum absolute atomic E-state index is 13.8. The Bertz CT molecular complexity index is 547. The number of alkyl halides is 2. The van der Waals surface area contributed by atoms with Crippen molar-refractivity contribution in [1.29, 1.82) is 0 Å². The van der Waals surface area contributed by atoms with Gasteiger partial charge in [0.1, 0.15) is 15.9 Å². The van der Waals surface area contributed by atoms with Gasteiger partial charge in [-0.2, -0.15) is 0 Å². The van der Waals surface area contributed by atoms with Gasteiger partial charge in [-0.1, -0.05) is 0 Å². The van der Waals surface area contributed by atoms with Crippen LogP contribution in [0.1, 0.15) is 38.5 Å². The summed E-state index contributed by atoms with van der Waals surface area (Å²) < 4.78 is 59.6. The molecular weight excluding hydrogens is 298 g/mol. The number of hydrogen-bond donors (Lipinski definition) is 0. The second kappa shape index (κ2) is 4.40. The van der Waals surface area contributed by atoms with Gasteiger partial charge < -0.3 is 4.55 Å². The van der Waals surface area contributed by atoms with Crippen molar-refractivity contribution >= 4 is 10.1 Å². The quantitative estimate of drug-likeness (QED) is 0.591. The first kappa shape index (κ1) is 14.4. The lowest BCUT2D eigenvalue weighted by molar-refractivity contribution is -0.0230. The zero-order valence-electron chi connectivity index (χ0n) is 11.9. The second-order valence-corrected chi connectivity index (χ2v) is 9.31. The van der Waals surface area contributed by atoms with Gasteiger partial charge in [0.2, 0.25) is 0 Å². The normalized spacial score (nSPS) is 48.0. The third kappa shape index (κ3) is 2.33. The Morgan fingerprint density at radius 1 is 1.00 bits per heavy atom. The van der Waals surface area contributed by atoms with E-state index in [1.54, 1.807) is 0 Å². The van der Waals surface area contributed by atoms with Crippen LogP contribution in [0.25, 0.3) is 0 Å². The molecule has 4 saturated carbocycles. The summed E-state index contributed by atoms with van der Waals surface area (Å²) >= 11 is 0. The van der Waals surface area contributed by atoms with Crippen LogP contribution in [0, 0.1) is 41.4 Å². The lowest BCUT2D eigenvalue weighted by Gasteiger charge is -2.39. The van der Waals surface area contributed by atoms with E-state index in [2.05, 4.69) is 0 Å². The summed E-state index contributed by atoms with van der Waals surface area (Å²) in [6.07, 6.45) is 5.35. The smallest absolute Gasteiger partial charge is 0.261 e. The maximum Gasteiger partial charge on any atom is 0.261 e. The van der Waals surface area contributed by atoms with E-state index < -0.39 is 28.2 Å². The van der Waals surface area contributed by atoms with Gasteiger partial charge in [0.15, 0.2) is 0 Å². The molecule has 21 heavy (non-hydrogen) atoms. The minimum absolute atomic E-state index is 0.0765. The molecule has 0 spiro atoms. The van der Waals surface area contributed by atoms with Gasteiger partial charge in [-0.05, 0) is 73.5 Å². The van der Waals surface area contributed by atoms with Crippen LogP contribution in [0.2, 0.25) is 0 Å². The van der Waals surface area contributed by atoms with Crippen molar-refractivity contribution in [3.05, 3.63) is 0 Å². The summed E-state index contributed by atoms with van der Waals surface area (Å²) in [6.45, 7) is 0. The fourth-order valence-corrected chi connectivity index (χ4v) is 7.27. The molecule has 0 aromatic carbocycles. The predicted octanol–water partition coefficient (Wildman–Crippen LogP) is 2.88. The van der Waals surface area contributed by atoms with Gasteiger partial charge in [-0.15, -0.1) is 0 Å². The van der Waals surface area contributed by atoms with Crippen molar-refractivity contribution in [2.75, 3.05) is 5.75 Å². The van der Waals surface area contributed by atoms with E-state index in [0.29, 0.717) is 17.8 Å². The standard InChI is InChI=1S/C15H22F2O3S/c16-15(17,7-21(18,19)20)6-11-4-10-5-12(11)14-9-2-1-8(3-9)13(10)14/h8-14H,1-7H2,(H,18,19,20)/p-1. The van der Waals surface area contributed by atoms with E-state index in [1.165, 1.54) is 19.3 Å². The zero-order valence-corrected chi connectivity index (χ0v) is 12.7. The van der Waals surface area contributed by atoms with Crippen LogP contribution in [-0.2, 0) is 10.1 Å². The Morgan fingerprint density at radius 3 is 2.33 bits per heavy atom. The molecule has 7 atom stereocenters. The first-order valence-corrected chi connectivity index (χ1v) is 9.63. The fraction of sp³-hybridized carbons (Fsp3) is 1.00. The van der Waals surface area contributed by atoms with Crippen LogP contribution in [0.5, 0.6) is 0 Å². The lowest BCUT2D eigenvalue weighted by atomic mass is 9.66. The average Bonchev–Trinajstić information content (AvgIpc) is 3.02. The second-order valence-electron chi connectivity index (χ2n) is 7.91. The Labute approximate surface area is 124 Å². The molecule has 0 aliphatic heterocycles. The zero-order chi connectivity index (χ0) is 15.0. The van der Waals surface area contributed by atoms with Crippen LogP contribution in [-0.4, -0.2) is 24.6 Å². The van der Waals surface area contributed by atoms with Gasteiger partial charge in [-0.3, -0.25) is 0 Å². The van der Waals surface area contributed by atoms with Gasteiger partial charge >= 0.3 is 0 Å². The van der Waals surface area contributed by atoms with E-state index >= 15 is 0 Å². The number of halogens is 2. The molecule has 0 heterocycles. The summed E-state index contributed by atoms with van der Waals surface area (Å²) in [5.74, 6) is -1.08. The molecule has 4 aliphatic carbocycles. The molecule has 6 heteroatoms. The molecule has 0 aromatic heterocycles. The first-order chi connectivity index (χ1) is 9.73. The van der Waals surface area contributed by atoms with Gasteiger partial charge in [-0.25, -0.2) is 17.2 Å². The van der Waals surface area contributed by atoms with E-state index in [-0.39, 0.29) is 5.92 Å². The van der Waals surface area contributed by atoms with Gasteiger partial charge in [0, 0.05) is 6.42 Å². The summed E-state index contributed by atoms with van der Waals surface area (Å²) in [4.78, 5) is 0. The molecule has 0 amide bonds. The van der Waals surface area contributed by atoms with Crippen LogP contribution in [0.15, 0.2) is 0 Å². The van der Waals surface area contributed by atoms with Crippen LogP contribution < -0.4 is 0 Å². The Morgan fingerprint density at radius 2 is 1.67 bits per heavy atom. The Hall–Kier alpha value is -0.230. The fourth-order valence-electron chi connectivity index (χ4n) is 6.64. The van der Waals surface area contributed by atoms with E-state index in [4.69, 9.17) is 0 Å². The summed E-state index contributed by atoms with van der Waals surface area (Å²) in [7, 11) is -4.86. The Balaban J connectivity index is 1.47. The molecule has 3 nitrogen and oxygen atoms in total. The molecule has 0 radical (unpaired) electrons. The average molecular weight is 319 g/mol. The molecule has 4 aliphatic rings. The number of hydrogen-bond acceptors (Lipinski definition) is 3. The number of rotatable bonds is 4. The molecule has 0 N–H and O–H groups in total. The molecular formula is C15H21F2O3S-. The molecule has 4 bridgehead atoms. The van der Waals surface area contributed by atoms with Gasteiger partial charge in [0.25, 0.3) is 5.92 Å². The van der Waals surface area contributed by atoms with Crippen LogP contribution in [0.3, 0.4) is 0 Å². The highest BCUT2D eigenvalue weighted by Crippen LogP contribution is 2.69. The van der Waals surface area contributed by atoms with Crippen molar-refractivity contribution < 1.29 is 21.8 Å². The highest BCUT2D eigenvalue weighted by molar-refractivity contribution is 7.85. The third-order valence-electron chi connectivity index (χ3n) is 6.82. The molecule has 120 valence electrons. The van der Waals surface area contributed by atoms with Crippen molar-refractivity contribution in [2.45, 2.75) is 44.4 Å². The monoisotopic (exact) mass is 319 g/mol. The molecule has 4 rings (SSSR count). The van der Waals surface area contributed by atoms with E-state index in [0.717, 1.165) is 30.6 Å². The lowest BCUT2D eigenvalue weighted by Crippen LogP contribution is -2.37. The Kier molecular flexibility index (Phi) is 3.01. The molecule has 4 fully saturated rings. The largest absolute Gasteiger partial charge is 0.748 e. The highest BCUT2D eigenvalue weighted by Gasteiger charge is 2.62. The maximum atomic E-state index is 13.8. The highest BCUT2D eigenvalue weighted by atomic mass is 32.2. The van der Waals surface area contributed by atoms with Crippen molar-refractivity contribution in [2.24, 2.45) is 41.4 Å². The molecule has 0 saturated heterocycles. The summed E-state index contributed by atoms with van der Waals surface area (Å²) in [5.41, 5.74) is 0. The van der Waals surface area contributed by atoms with Crippen molar-refractivity contribution in [3.63, 3.8) is 0 Å². The van der Waals surface area contributed by atoms with Crippen LogP contribution >= 0.6 is 0 Å². The molecule has 0 aromatic rings. The number of fused-ring (bicyclic) bond motifs is 9. The predicted molar refractivity (Wildman–Crippen MR) is 71.6 cm³/mol. The topological polar surface area (TPSA) is 57.2 Å². The van der Waals surface area contributed by atoms with E-state index in [9.17, 15) is 21.8 Å².